The molecular weight excluding hydrogens is 355 g/mol. The third kappa shape index (κ3) is 5.89. The van der Waals surface area contributed by atoms with Gasteiger partial charge in [0.05, 0.1) is 18.9 Å². The van der Waals surface area contributed by atoms with Gasteiger partial charge in [0.1, 0.15) is 5.76 Å². The molecule has 1 aromatic heterocycles. The van der Waals surface area contributed by atoms with Gasteiger partial charge in [-0.25, -0.2) is 0 Å². The Morgan fingerprint density at radius 3 is 2.67 bits per heavy atom. The quantitative estimate of drug-likeness (QED) is 0.834. The van der Waals surface area contributed by atoms with Crippen molar-refractivity contribution in [2.45, 2.75) is 25.9 Å². The standard InChI is InChI=1S/C15H24N4O3.2ClH/c1-12-8-13(17-22-12)10-18-3-5-19(6-4-18)15(20)9-14-11-21-7-2-16-14;;/h8,14,16H,2-7,9-11H2,1H3;2*1H. The van der Waals surface area contributed by atoms with Crippen molar-refractivity contribution in [2.75, 3.05) is 45.9 Å². The summed E-state index contributed by atoms with van der Waals surface area (Å²) in [6, 6.07) is 2.13. The van der Waals surface area contributed by atoms with Gasteiger partial charge in [0.15, 0.2) is 0 Å². The number of hydrogen-bond donors (Lipinski definition) is 1. The lowest BCUT2D eigenvalue weighted by atomic mass is 10.1. The number of nitrogens with one attached hydrogen (secondary N) is 1. The first-order valence-corrected chi connectivity index (χ1v) is 7.94. The Balaban J connectivity index is 0.00000144. The number of morpholine rings is 1. The highest BCUT2D eigenvalue weighted by molar-refractivity contribution is 5.85. The highest BCUT2D eigenvalue weighted by atomic mass is 35.5. The number of aryl methyl sites for hydroxylation is 1. The molecule has 2 saturated heterocycles. The maximum absolute atomic E-state index is 12.3. The Labute approximate surface area is 154 Å². The van der Waals surface area contributed by atoms with Crippen LogP contribution in [0.25, 0.3) is 0 Å². The number of carbonyl (C=O) groups is 1. The second kappa shape index (κ2) is 10.2. The van der Waals surface area contributed by atoms with Crippen molar-refractivity contribution in [3.8, 4) is 0 Å². The molecule has 1 aromatic rings. The molecule has 0 spiro atoms. The van der Waals surface area contributed by atoms with Gasteiger partial charge in [0, 0.05) is 57.8 Å². The minimum absolute atomic E-state index is 0. The molecule has 1 unspecified atom stereocenters. The van der Waals surface area contributed by atoms with Crippen LogP contribution in [0.5, 0.6) is 0 Å². The Morgan fingerprint density at radius 2 is 2.08 bits per heavy atom. The summed E-state index contributed by atoms with van der Waals surface area (Å²) in [7, 11) is 0. The molecule has 2 fully saturated rings. The average molecular weight is 381 g/mol. The predicted molar refractivity (Wildman–Crippen MR) is 94.8 cm³/mol. The number of aromatic nitrogens is 1. The van der Waals surface area contributed by atoms with Gasteiger partial charge in [0.2, 0.25) is 5.91 Å². The normalized spacial score (nSPS) is 21.7. The maximum atomic E-state index is 12.3. The SMILES string of the molecule is Cc1cc(CN2CCN(C(=O)CC3COCCN3)CC2)no1.Cl.Cl. The van der Waals surface area contributed by atoms with E-state index >= 15 is 0 Å². The van der Waals surface area contributed by atoms with Crippen LogP contribution in [0.2, 0.25) is 0 Å². The van der Waals surface area contributed by atoms with E-state index in [1.165, 1.54) is 0 Å². The van der Waals surface area contributed by atoms with Gasteiger partial charge in [-0.15, -0.1) is 24.8 Å². The molecule has 1 amide bonds. The molecule has 24 heavy (non-hydrogen) atoms. The summed E-state index contributed by atoms with van der Waals surface area (Å²) in [5.41, 5.74) is 0.959. The molecule has 0 bridgehead atoms. The number of amides is 1. The lowest BCUT2D eigenvalue weighted by Crippen LogP contribution is -2.51. The summed E-state index contributed by atoms with van der Waals surface area (Å²) >= 11 is 0. The summed E-state index contributed by atoms with van der Waals surface area (Å²) in [4.78, 5) is 16.6. The molecule has 2 aliphatic rings. The molecule has 9 heteroatoms. The number of rotatable bonds is 4. The number of nitrogens with zero attached hydrogens (tertiary/aromatic N) is 3. The third-order valence-corrected chi connectivity index (χ3v) is 4.21. The lowest BCUT2D eigenvalue weighted by molar-refractivity contribution is -0.134. The van der Waals surface area contributed by atoms with Crippen LogP contribution in [0.4, 0.5) is 0 Å². The molecule has 3 rings (SSSR count). The Bertz CT molecular complexity index is 501. The first-order valence-electron chi connectivity index (χ1n) is 7.94. The van der Waals surface area contributed by atoms with E-state index in [-0.39, 0.29) is 36.8 Å². The number of ether oxygens (including phenoxy) is 1. The van der Waals surface area contributed by atoms with E-state index in [0.29, 0.717) is 13.0 Å². The fourth-order valence-corrected chi connectivity index (χ4v) is 2.97. The topological polar surface area (TPSA) is 70.8 Å². The molecule has 138 valence electrons. The van der Waals surface area contributed by atoms with Gasteiger partial charge in [-0.3, -0.25) is 9.69 Å². The van der Waals surface area contributed by atoms with Gasteiger partial charge >= 0.3 is 0 Å². The van der Waals surface area contributed by atoms with Crippen LogP contribution in [0.15, 0.2) is 10.6 Å². The largest absolute Gasteiger partial charge is 0.378 e. The Kier molecular flexibility index (Phi) is 9.01. The summed E-state index contributed by atoms with van der Waals surface area (Å²) in [5.74, 6) is 1.06. The van der Waals surface area contributed by atoms with Crippen molar-refractivity contribution in [1.82, 2.24) is 20.3 Å². The highest BCUT2D eigenvalue weighted by Gasteiger charge is 2.24. The lowest BCUT2D eigenvalue weighted by Gasteiger charge is -2.35. The minimum atomic E-state index is 0. The van der Waals surface area contributed by atoms with E-state index in [1.807, 2.05) is 17.9 Å². The highest BCUT2D eigenvalue weighted by Crippen LogP contribution is 2.11. The number of halogens is 2. The van der Waals surface area contributed by atoms with Crippen molar-refractivity contribution in [3.63, 3.8) is 0 Å². The van der Waals surface area contributed by atoms with Crippen LogP contribution >= 0.6 is 24.8 Å². The van der Waals surface area contributed by atoms with Gasteiger partial charge in [-0.1, -0.05) is 5.16 Å². The fraction of sp³-hybridized carbons (Fsp3) is 0.733. The van der Waals surface area contributed by atoms with Gasteiger partial charge in [0.25, 0.3) is 0 Å². The van der Waals surface area contributed by atoms with Crippen molar-refractivity contribution in [1.29, 1.82) is 0 Å². The van der Waals surface area contributed by atoms with Crippen LogP contribution in [0, 0.1) is 6.92 Å². The van der Waals surface area contributed by atoms with Gasteiger partial charge < -0.3 is 19.5 Å². The summed E-state index contributed by atoms with van der Waals surface area (Å²) in [5, 5.41) is 7.35. The van der Waals surface area contributed by atoms with Crippen molar-refractivity contribution < 1.29 is 14.1 Å². The number of piperazine rings is 1. The first-order chi connectivity index (χ1) is 10.7. The van der Waals surface area contributed by atoms with E-state index in [9.17, 15) is 4.79 Å². The fourth-order valence-electron chi connectivity index (χ4n) is 2.97. The minimum Gasteiger partial charge on any atom is -0.378 e. The monoisotopic (exact) mass is 380 g/mol. The molecule has 3 heterocycles. The number of hydrogen-bond acceptors (Lipinski definition) is 6. The molecule has 0 radical (unpaired) electrons. The van der Waals surface area contributed by atoms with E-state index < -0.39 is 0 Å². The van der Waals surface area contributed by atoms with E-state index in [1.54, 1.807) is 0 Å². The smallest absolute Gasteiger partial charge is 0.224 e. The van der Waals surface area contributed by atoms with Crippen LogP contribution in [0.3, 0.4) is 0 Å². The first kappa shape index (κ1) is 21.2. The molecule has 0 aliphatic carbocycles. The summed E-state index contributed by atoms with van der Waals surface area (Å²) < 4.78 is 10.5. The predicted octanol–water partition coefficient (Wildman–Crippen LogP) is 0.849. The molecule has 0 aromatic carbocycles. The van der Waals surface area contributed by atoms with E-state index in [2.05, 4.69) is 15.4 Å². The molecule has 1 atom stereocenters. The maximum Gasteiger partial charge on any atom is 0.224 e. The van der Waals surface area contributed by atoms with Crippen LogP contribution in [0.1, 0.15) is 17.9 Å². The van der Waals surface area contributed by atoms with Crippen molar-refractivity contribution in [3.05, 3.63) is 17.5 Å². The van der Waals surface area contributed by atoms with E-state index in [4.69, 9.17) is 9.26 Å². The zero-order chi connectivity index (χ0) is 15.4. The van der Waals surface area contributed by atoms with Crippen LogP contribution in [-0.4, -0.2) is 72.8 Å². The Hall–Kier alpha value is -0.860. The number of carbonyl (C=O) groups excluding carboxylic acids is 1. The third-order valence-electron chi connectivity index (χ3n) is 4.21. The zero-order valence-electron chi connectivity index (χ0n) is 13.9. The molecular formula is C15H26Cl2N4O3. The molecule has 1 N–H and O–H groups in total. The molecule has 7 nitrogen and oxygen atoms in total. The van der Waals surface area contributed by atoms with Crippen LogP contribution in [-0.2, 0) is 16.1 Å². The van der Waals surface area contributed by atoms with Crippen molar-refractivity contribution >= 4 is 30.7 Å². The summed E-state index contributed by atoms with van der Waals surface area (Å²) in [6.45, 7) is 8.23. The second-order valence-corrected chi connectivity index (χ2v) is 6.02. The molecule has 0 saturated carbocycles. The van der Waals surface area contributed by atoms with Gasteiger partial charge in [-0.2, -0.15) is 0 Å². The van der Waals surface area contributed by atoms with Crippen LogP contribution < -0.4 is 5.32 Å². The second-order valence-electron chi connectivity index (χ2n) is 6.02. The molecule has 2 aliphatic heterocycles. The summed E-state index contributed by atoms with van der Waals surface area (Å²) in [6.07, 6.45) is 0.530. The zero-order valence-corrected chi connectivity index (χ0v) is 15.5. The Morgan fingerprint density at radius 1 is 1.33 bits per heavy atom. The van der Waals surface area contributed by atoms with Gasteiger partial charge in [-0.05, 0) is 6.92 Å². The average Bonchev–Trinajstić information content (AvgIpc) is 2.94. The van der Waals surface area contributed by atoms with E-state index in [0.717, 1.165) is 57.3 Å². The van der Waals surface area contributed by atoms with Crippen molar-refractivity contribution in [2.24, 2.45) is 0 Å².